The van der Waals surface area contributed by atoms with Gasteiger partial charge in [-0.3, -0.25) is 9.48 Å². The number of nitrogens with zero attached hydrogens (tertiary/aromatic N) is 2. The third-order valence-corrected chi connectivity index (χ3v) is 3.31. The van der Waals surface area contributed by atoms with Gasteiger partial charge >= 0.3 is 0 Å². The molecule has 2 aromatic rings. The summed E-state index contributed by atoms with van der Waals surface area (Å²) in [7, 11) is 0. The first-order valence-electron chi connectivity index (χ1n) is 5.96. The summed E-state index contributed by atoms with van der Waals surface area (Å²) in [5.74, 6) is 0.546. The van der Waals surface area contributed by atoms with E-state index in [2.05, 4.69) is 23.4 Å². The Balaban J connectivity index is 2.20. The maximum absolute atomic E-state index is 11.5. The number of hydrogen-bond acceptors (Lipinski definition) is 3. The highest BCUT2D eigenvalue weighted by Gasteiger charge is 2.09. The number of aryl methyl sites for hydroxylation is 1. The Labute approximate surface area is 111 Å². The van der Waals surface area contributed by atoms with Gasteiger partial charge in [0.2, 0.25) is 5.91 Å². The van der Waals surface area contributed by atoms with Crippen LogP contribution in [0.3, 0.4) is 0 Å². The van der Waals surface area contributed by atoms with Crippen molar-refractivity contribution in [1.82, 2.24) is 15.1 Å². The van der Waals surface area contributed by atoms with E-state index in [4.69, 9.17) is 0 Å². The number of thioether (sulfide) groups is 1. The zero-order valence-corrected chi connectivity index (χ0v) is 11.5. The summed E-state index contributed by atoms with van der Waals surface area (Å²) < 4.78 is 1.96. The maximum atomic E-state index is 11.5. The van der Waals surface area contributed by atoms with Crippen molar-refractivity contribution >= 4 is 28.6 Å². The van der Waals surface area contributed by atoms with Crippen LogP contribution in [0.4, 0.5) is 0 Å². The molecule has 0 bridgehead atoms. The fourth-order valence-corrected chi connectivity index (χ4v) is 2.30. The third-order valence-electron chi connectivity index (χ3n) is 2.76. The van der Waals surface area contributed by atoms with Gasteiger partial charge in [0, 0.05) is 11.9 Å². The number of benzene rings is 1. The predicted octanol–water partition coefficient (Wildman–Crippen LogP) is 2.04. The molecule has 1 amide bonds. The second-order valence-corrected chi connectivity index (χ2v) is 4.86. The second-order valence-electron chi connectivity index (χ2n) is 3.99. The van der Waals surface area contributed by atoms with Crippen molar-refractivity contribution in [2.24, 2.45) is 0 Å². The van der Waals surface area contributed by atoms with E-state index in [1.54, 1.807) is 0 Å². The number of carbonyl (C=O) groups excluding carboxylic acids is 1. The molecule has 1 aromatic heterocycles. The van der Waals surface area contributed by atoms with Gasteiger partial charge in [0.15, 0.2) is 0 Å². The Hall–Kier alpha value is -1.49. The van der Waals surface area contributed by atoms with Crippen molar-refractivity contribution in [2.45, 2.75) is 20.0 Å². The number of hydrogen-bond donors (Lipinski definition) is 1. The fraction of sp³-hybridized carbons (Fsp3) is 0.385. The minimum absolute atomic E-state index is 0.0534. The third kappa shape index (κ3) is 2.67. The molecule has 0 aliphatic carbocycles. The first-order chi connectivity index (χ1) is 8.76. The van der Waals surface area contributed by atoms with E-state index in [1.807, 2.05) is 29.1 Å². The van der Waals surface area contributed by atoms with Gasteiger partial charge in [-0.05, 0) is 19.2 Å². The van der Waals surface area contributed by atoms with Crippen molar-refractivity contribution < 1.29 is 4.79 Å². The molecule has 0 radical (unpaired) electrons. The highest BCUT2D eigenvalue weighted by molar-refractivity contribution is 7.99. The molecular formula is C13H17N3OS. The lowest BCUT2D eigenvalue weighted by molar-refractivity contribution is -0.118. The highest BCUT2D eigenvalue weighted by atomic mass is 32.2. The Morgan fingerprint density at radius 2 is 2.22 bits per heavy atom. The number of rotatable bonds is 5. The molecule has 18 heavy (non-hydrogen) atoms. The number of amides is 1. The van der Waals surface area contributed by atoms with Crippen molar-refractivity contribution in [3.05, 3.63) is 30.0 Å². The van der Waals surface area contributed by atoms with Crippen LogP contribution in [0.5, 0.6) is 0 Å². The molecule has 4 nitrogen and oxygen atoms in total. The molecule has 0 spiro atoms. The van der Waals surface area contributed by atoms with Gasteiger partial charge in [-0.1, -0.05) is 18.2 Å². The minimum Gasteiger partial charge on any atom is -0.350 e. The molecule has 0 atom stereocenters. The zero-order chi connectivity index (χ0) is 13.0. The summed E-state index contributed by atoms with van der Waals surface area (Å²) in [5.41, 5.74) is 2.05. The van der Waals surface area contributed by atoms with Crippen molar-refractivity contribution in [3.8, 4) is 0 Å². The number of nitrogens with one attached hydrogen (secondary N) is 1. The van der Waals surface area contributed by atoms with Crippen LogP contribution in [0.25, 0.3) is 10.9 Å². The van der Waals surface area contributed by atoms with Gasteiger partial charge in [0.1, 0.15) is 0 Å². The standard InChI is InChI=1S/C13H17N3OS/c1-3-16-12-7-5-4-6-10(12)11(15-16)8-14-13(17)9-18-2/h4-7H,3,8-9H2,1-2H3,(H,14,17). The van der Waals surface area contributed by atoms with Crippen molar-refractivity contribution in [1.29, 1.82) is 0 Å². The van der Waals surface area contributed by atoms with Crippen LogP contribution in [-0.4, -0.2) is 27.7 Å². The van der Waals surface area contributed by atoms with Crippen LogP contribution in [-0.2, 0) is 17.9 Å². The summed E-state index contributed by atoms with van der Waals surface area (Å²) in [4.78, 5) is 11.5. The van der Waals surface area contributed by atoms with Gasteiger partial charge in [0.05, 0.1) is 23.5 Å². The van der Waals surface area contributed by atoms with E-state index in [0.717, 1.165) is 23.1 Å². The Bertz CT molecular complexity index is 550. The van der Waals surface area contributed by atoms with Crippen LogP contribution < -0.4 is 5.32 Å². The lowest BCUT2D eigenvalue weighted by Gasteiger charge is -2.01. The van der Waals surface area contributed by atoms with E-state index in [9.17, 15) is 4.79 Å². The second kappa shape index (κ2) is 5.91. The summed E-state index contributed by atoms with van der Waals surface area (Å²) >= 11 is 1.52. The molecular weight excluding hydrogens is 246 g/mol. The molecule has 0 saturated heterocycles. The highest BCUT2D eigenvalue weighted by Crippen LogP contribution is 2.18. The Morgan fingerprint density at radius 3 is 2.94 bits per heavy atom. The number of aromatic nitrogens is 2. The lowest BCUT2D eigenvalue weighted by Crippen LogP contribution is -2.24. The Kier molecular flexibility index (Phi) is 4.25. The summed E-state index contributed by atoms with van der Waals surface area (Å²) in [6.45, 7) is 3.39. The first kappa shape index (κ1) is 13.0. The molecule has 1 N–H and O–H groups in total. The fourth-order valence-electron chi connectivity index (χ4n) is 1.93. The zero-order valence-electron chi connectivity index (χ0n) is 10.6. The molecule has 2 rings (SSSR count). The quantitative estimate of drug-likeness (QED) is 0.898. The largest absolute Gasteiger partial charge is 0.350 e. The molecule has 5 heteroatoms. The van der Waals surface area contributed by atoms with E-state index in [-0.39, 0.29) is 5.91 Å². The van der Waals surface area contributed by atoms with Gasteiger partial charge in [0.25, 0.3) is 0 Å². The first-order valence-corrected chi connectivity index (χ1v) is 7.35. The molecule has 0 aliphatic heterocycles. The van der Waals surface area contributed by atoms with E-state index < -0.39 is 0 Å². The van der Waals surface area contributed by atoms with Crippen LogP contribution in [0.2, 0.25) is 0 Å². The van der Waals surface area contributed by atoms with Crippen LogP contribution in [0, 0.1) is 0 Å². The topological polar surface area (TPSA) is 46.9 Å². The SMILES string of the molecule is CCn1nc(CNC(=O)CSC)c2ccccc21. The molecule has 1 heterocycles. The molecule has 0 saturated carbocycles. The van der Waals surface area contributed by atoms with Crippen molar-refractivity contribution in [2.75, 3.05) is 12.0 Å². The molecule has 0 fully saturated rings. The summed E-state index contributed by atoms with van der Waals surface area (Å²) in [5, 5.41) is 8.54. The van der Waals surface area contributed by atoms with Gasteiger partial charge in [-0.25, -0.2) is 0 Å². The predicted molar refractivity (Wildman–Crippen MR) is 75.6 cm³/mol. The van der Waals surface area contributed by atoms with Crippen LogP contribution in [0.15, 0.2) is 24.3 Å². The van der Waals surface area contributed by atoms with E-state index in [1.165, 1.54) is 11.8 Å². The van der Waals surface area contributed by atoms with Gasteiger partial charge in [-0.2, -0.15) is 16.9 Å². The van der Waals surface area contributed by atoms with E-state index >= 15 is 0 Å². The average Bonchev–Trinajstić information content (AvgIpc) is 2.75. The number of fused-ring (bicyclic) bond motifs is 1. The lowest BCUT2D eigenvalue weighted by atomic mass is 10.2. The molecule has 0 unspecified atom stereocenters. The monoisotopic (exact) mass is 263 g/mol. The summed E-state index contributed by atoms with van der Waals surface area (Å²) in [6, 6.07) is 8.10. The number of carbonyl (C=O) groups is 1. The summed E-state index contributed by atoms with van der Waals surface area (Å²) in [6.07, 6.45) is 1.92. The van der Waals surface area contributed by atoms with Gasteiger partial charge < -0.3 is 5.32 Å². The minimum atomic E-state index is 0.0534. The average molecular weight is 263 g/mol. The molecule has 1 aromatic carbocycles. The van der Waals surface area contributed by atoms with E-state index in [0.29, 0.717) is 12.3 Å². The number of para-hydroxylation sites is 1. The Morgan fingerprint density at radius 1 is 1.44 bits per heavy atom. The van der Waals surface area contributed by atoms with Crippen molar-refractivity contribution in [3.63, 3.8) is 0 Å². The smallest absolute Gasteiger partial charge is 0.230 e. The van der Waals surface area contributed by atoms with Crippen LogP contribution >= 0.6 is 11.8 Å². The van der Waals surface area contributed by atoms with Crippen LogP contribution in [0.1, 0.15) is 12.6 Å². The van der Waals surface area contributed by atoms with Gasteiger partial charge in [-0.15, -0.1) is 0 Å². The molecule has 96 valence electrons. The maximum Gasteiger partial charge on any atom is 0.230 e. The molecule has 0 aliphatic rings. The normalized spacial score (nSPS) is 10.8.